The van der Waals surface area contributed by atoms with Crippen molar-refractivity contribution in [3.63, 3.8) is 0 Å². The molecule has 2 amide bonds. The second kappa shape index (κ2) is 10.3. The average molecular weight is 413 g/mol. The van der Waals surface area contributed by atoms with Crippen LogP contribution < -0.4 is 10.6 Å². The Balaban J connectivity index is 1.60. The van der Waals surface area contributed by atoms with Gasteiger partial charge in [-0.25, -0.2) is 4.39 Å². The number of morpholine rings is 1. The molecule has 3 rings (SSSR count). The third-order valence-corrected chi connectivity index (χ3v) is 5.09. The van der Waals surface area contributed by atoms with E-state index in [1.165, 1.54) is 18.2 Å². The summed E-state index contributed by atoms with van der Waals surface area (Å²) in [6.07, 6.45) is 0. The van der Waals surface area contributed by atoms with Gasteiger partial charge >= 0.3 is 0 Å². The van der Waals surface area contributed by atoms with Gasteiger partial charge in [0.1, 0.15) is 11.9 Å². The zero-order valence-electron chi connectivity index (χ0n) is 17.4. The summed E-state index contributed by atoms with van der Waals surface area (Å²) in [5.41, 5.74) is 1.73. The Kier molecular flexibility index (Phi) is 7.54. The van der Waals surface area contributed by atoms with Gasteiger partial charge in [0.05, 0.1) is 18.8 Å². The number of amides is 2. The molecule has 1 saturated heterocycles. The quantitative estimate of drug-likeness (QED) is 0.732. The molecular weight excluding hydrogens is 385 g/mol. The smallest absolute Gasteiger partial charge is 0.254 e. The summed E-state index contributed by atoms with van der Waals surface area (Å²) in [6, 6.07) is 12.6. The molecule has 0 spiro atoms. The van der Waals surface area contributed by atoms with Gasteiger partial charge in [0, 0.05) is 25.3 Å². The summed E-state index contributed by atoms with van der Waals surface area (Å²) < 4.78 is 19.2. The fraction of sp³-hybridized carbons (Fsp3) is 0.391. The highest BCUT2D eigenvalue weighted by atomic mass is 19.1. The summed E-state index contributed by atoms with van der Waals surface area (Å²) in [7, 11) is 0. The van der Waals surface area contributed by atoms with Crippen molar-refractivity contribution >= 4 is 17.5 Å². The van der Waals surface area contributed by atoms with E-state index in [4.69, 9.17) is 4.74 Å². The highest BCUT2D eigenvalue weighted by Crippen LogP contribution is 2.15. The third-order valence-electron chi connectivity index (χ3n) is 5.09. The van der Waals surface area contributed by atoms with Crippen molar-refractivity contribution in [3.8, 4) is 0 Å². The van der Waals surface area contributed by atoms with Gasteiger partial charge < -0.3 is 15.4 Å². The molecule has 0 bridgehead atoms. The van der Waals surface area contributed by atoms with Gasteiger partial charge in [-0.3, -0.25) is 14.5 Å². The standard InChI is InChI=1S/C23H28FN3O3/c1-16(2)21(26-22(28)19-5-3-4-6-20(19)24)23(29)25-18-9-7-17(8-10-18)15-27-11-13-30-14-12-27/h3-10,16,21H,11-15H2,1-2H3,(H,25,29)(H,26,28). The SMILES string of the molecule is CC(C)C(NC(=O)c1ccccc1F)C(=O)Nc1ccc(CN2CCOCC2)cc1. The minimum Gasteiger partial charge on any atom is -0.379 e. The average Bonchev–Trinajstić information content (AvgIpc) is 2.74. The molecule has 7 heteroatoms. The molecule has 2 aromatic carbocycles. The number of rotatable bonds is 7. The van der Waals surface area contributed by atoms with Gasteiger partial charge in [-0.2, -0.15) is 0 Å². The number of anilines is 1. The van der Waals surface area contributed by atoms with E-state index in [2.05, 4.69) is 15.5 Å². The van der Waals surface area contributed by atoms with Crippen LogP contribution >= 0.6 is 0 Å². The van der Waals surface area contributed by atoms with E-state index in [-0.39, 0.29) is 17.4 Å². The number of hydrogen-bond acceptors (Lipinski definition) is 4. The summed E-state index contributed by atoms with van der Waals surface area (Å²) in [5.74, 6) is -1.73. The van der Waals surface area contributed by atoms with Gasteiger partial charge in [0.2, 0.25) is 5.91 Å². The van der Waals surface area contributed by atoms with Gasteiger partial charge in [-0.05, 0) is 35.7 Å². The summed E-state index contributed by atoms with van der Waals surface area (Å²) in [4.78, 5) is 27.5. The van der Waals surface area contributed by atoms with Crippen LogP contribution in [0.3, 0.4) is 0 Å². The zero-order chi connectivity index (χ0) is 21.5. The first-order valence-electron chi connectivity index (χ1n) is 10.2. The lowest BCUT2D eigenvalue weighted by molar-refractivity contribution is -0.118. The predicted molar refractivity (Wildman–Crippen MR) is 114 cm³/mol. The second-order valence-electron chi connectivity index (χ2n) is 7.75. The van der Waals surface area contributed by atoms with Crippen molar-refractivity contribution in [3.05, 3.63) is 65.5 Å². The predicted octanol–water partition coefficient (Wildman–Crippen LogP) is 3.05. The first kappa shape index (κ1) is 21.9. The van der Waals surface area contributed by atoms with Crippen molar-refractivity contribution in [1.29, 1.82) is 0 Å². The van der Waals surface area contributed by atoms with Crippen LogP contribution in [0.15, 0.2) is 48.5 Å². The maximum absolute atomic E-state index is 13.9. The number of benzene rings is 2. The van der Waals surface area contributed by atoms with Crippen molar-refractivity contribution in [2.24, 2.45) is 5.92 Å². The number of nitrogens with one attached hydrogen (secondary N) is 2. The molecule has 0 aromatic heterocycles. The highest BCUT2D eigenvalue weighted by Gasteiger charge is 2.25. The van der Waals surface area contributed by atoms with Gasteiger partial charge in [-0.15, -0.1) is 0 Å². The largest absolute Gasteiger partial charge is 0.379 e. The lowest BCUT2D eigenvalue weighted by atomic mass is 10.0. The number of hydrogen-bond donors (Lipinski definition) is 2. The van der Waals surface area contributed by atoms with Crippen LogP contribution in [0, 0.1) is 11.7 Å². The molecule has 1 heterocycles. The van der Waals surface area contributed by atoms with E-state index in [0.29, 0.717) is 5.69 Å². The minimum atomic E-state index is -0.787. The number of carbonyl (C=O) groups is 2. The van der Waals surface area contributed by atoms with Crippen molar-refractivity contribution < 1.29 is 18.7 Å². The molecule has 2 aromatic rings. The van der Waals surface area contributed by atoms with Gasteiger partial charge in [0.25, 0.3) is 5.91 Å². The second-order valence-corrected chi connectivity index (χ2v) is 7.75. The summed E-state index contributed by atoms with van der Waals surface area (Å²) in [5, 5.41) is 5.49. The molecule has 0 saturated carbocycles. The lowest BCUT2D eigenvalue weighted by Gasteiger charge is -2.26. The monoisotopic (exact) mass is 413 g/mol. The number of halogens is 1. The molecule has 30 heavy (non-hydrogen) atoms. The van der Waals surface area contributed by atoms with E-state index in [1.807, 2.05) is 38.1 Å². The van der Waals surface area contributed by atoms with Crippen LogP contribution in [-0.4, -0.2) is 49.1 Å². The van der Waals surface area contributed by atoms with Crippen molar-refractivity contribution in [2.45, 2.75) is 26.4 Å². The fourth-order valence-electron chi connectivity index (χ4n) is 3.33. The van der Waals surface area contributed by atoms with E-state index in [1.54, 1.807) is 6.07 Å². The fourth-order valence-corrected chi connectivity index (χ4v) is 3.33. The van der Waals surface area contributed by atoms with Crippen LogP contribution in [0.1, 0.15) is 29.8 Å². The van der Waals surface area contributed by atoms with Crippen molar-refractivity contribution in [2.75, 3.05) is 31.6 Å². The Morgan fingerprint density at radius 1 is 1.07 bits per heavy atom. The third kappa shape index (κ3) is 5.87. The topological polar surface area (TPSA) is 70.7 Å². The highest BCUT2D eigenvalue weighted by molar-refractivity contribution is 6.01. The molecule has 1 aliphatic heterocycles. The van der Waals surface area contributed by atoms with Crippen LogP contribution in [0.25, 0.3) is 0 Å². The van der Waals surface area contributed by atoms with E-state index in [9.17, 15) is 14.0 Å². The van der Waals surface area contributed by atoms with Crippen LogP contribution in [0.2, 0.25) is 0 Å². The Morgan fingerprint density at radius 3 is 2.37 bits per heavy atom. The lowest BCUT2D eigenvalue weighted by Crippen LogP contribution is -2.47. The van der Waals surface area contributed by atoms with E-state index >= 15 is 0 Å². The van der Waals surface area contributed by atoms with Gasteiger partial charge in [0.15, 0.2) is 0 Å². The minimum absolute atomic E-state index is 0.0802. The molecule has 1 fully saturated rings. The zero-order valence-corrected chi connectivity index (χ0v) is 17.4. The molecule has 1 unspecified atom stereocenters. The van der Waals surface area contributed by atoms with E-state index in [0.717, 1.165) is 38.4 Å². The molecule has 6 nitrogen and oxygen atoms in total. The molecule has 0 radical (unpaired) electrons. The molecule has 1 atom stereocenters. The van der Waals surface area contributed by atoms with Crippen LogP contribution in [0.5, 0.6) is 0 Å². The Morgan fingerprint density at radius 2 is 1.73 bits per heavy atom. The molecule has 2 N–H and O–H groups in total. The molecule has 160 valence electrons. The maximum atomic E-state index is 13.9. The Bertz CT molecular complexity index is 864. The molecule has 1 aliphatic rings. The van der Waals surface area contributed by atoms with Gasteiger partial charge in [-0.1, -0.05) is 38.1 Å². The Hall–Kier alpha value is -2.77. The van der Waals surface area contributed by atoms with E-state index < -0.39 is 17.8 Å². The number of ether oxygens (including phenoxy) is 1. The van der Waals surface area contributed by atoms with Crippen LogP contribution in [-0.2, 0) is 16.1 Å². The number of carbonyl (C=O) groups excluding carboxylic acids is 2. The molecular formula is C23H28FN3O3. The maximum Gasteiger partial charge on any atom is 0.254 e. The number of nitrogens with zero attached hydrogens (tertiary/aromatic N) is 1. The first-order chi connectivity index (χ1) is 14.4. The van der Waals surface area contributed by atoms with Crippen molar-refractivity contribution in [1.82, 2.24) is 10.2 Å². The summed E-state index contributed by atoms with van der Waals surface area (Å²) in [6.45, 7) is 7.83. The van der Waals surface area contributed by atoms with Crippen LogP contribution in [0.4, 0.5) is 10.1 Å². The molecule has 0 aliphatic carbocycles. The summed E-state index contributed by atoms with van der Waals surface area (Å²) >= 11 is 0. The Labute approximate surface area is 176 Å². The first-order valence-corrected chi connectivity index (χ1v) is 10.2. The normalized spacial score (nSPS) is 15.6.